The third kappa shape index (κ3) is 1.51. The van der Waals surface area contributed by atoms with Gasteiger partial charge in [-0.15, -0.1) is 0 Å². The van der Waals surface area contributed by atoms with E-state index in [9.17, 15) is 4.39 Å². The van der Waals surface area contributed by atoms with Gasteiger partial charge in [-0.3, -0.25) is 5.84 Å². The molecule has 0 radical (unpaired) electrons. The van der Waals surface area contributed by atoms with Gasteiger partial charge in [0.2, 0.25) is 0 Å². The summed E-state index contributed by atoms with van der Waals surface area (Å²) in [6.07, 6.45) is 0.810. The highest BCUT2D eigenvalue weighted by Gasteiger charge is 2.12. The maximum Gasteiger partial charge on any atom is 0.149 e. The summed E-state index contributed by atoms with van der Waals surface area (Å²) in [4.78, 5) is 4.28. The second kappa shape index (κ2) is 4.06. The Balaban J connectivity index is 2.90. The van der Waals surface area contributed by atoms with Gasteiger partial charge in [-0.05, 0) is 25.0 Å². The van der Waals surface area contributed by atoms with Gasteiger partial charge < -0.3 is 5.43 Å². The lowest BCUT2D eigenvalue weighted by Gasteiger charge is -2.13. The van der Waals surface area contributed by atoms with Gasteiger partial charge in [0.15, 0.2) is 0 Å². The number of nitrogen functional groups attached to an aromatic ring is 1. The van der Waals surface area contributed by atoms with Gasteiger partial charge in [0, 0.05) is 11.1 Å². The number of rotatable bonds is 2. The van der Waals surface area contributed by atoms with Crippen LogP contribution in [0.4, 0.5) is 10.1 Å². The molecule has 0 saturated carbocycles. The Labute approximate surface area is 93.5 Å². The molecule has 0 atom stereocenters. The molecule has 0 spiro atoms. The lowest BCUT2D eigenvalue weighted by molar-refractivity contribution is 0.636. The highest BCUT2D eigenvalue weighted by atomic mass is 19.1. The van der Waals surface area contributed by atoms with Gasteiger partial charge >= 0.3 is 0 Å². The van der Waals surface area contributed by atoms with Crippen LogP contribution in [0.25, 0.3) is 10.9 Å². The number of nitrogens with two attached hydrogens (primary N) is 1. The van der Waals surface area contributed by atoms with Crippen molar-refractivity contribution in [3.05, 3.63) is 35.3 Å². The van der Waals surface area contributed by atoms with E-state index in [1.165, 1.54) is 6.07 Å². The van der Waals surface area contributed by atoms with Gasteiger partial charge in [-0.2, -0.15) is 0 Å². The van der Waals surface area contributed by atoms with E-state index < -0.39 is 0 Å². The summed E-state index contributed by atoms with van der Waals surface area (Å²) in [5.74, 6) is 5.19. The molecule has 2 rings (SSSR count). The van der Waals surface area contributed by atoms with E-state index in [-0.39, 0.29) is 5.82 Å². The average molecular weight is 219 g/mol. The Hall–Kier alpha value is -1.68. The van der Waals surface area contributed by atoms with Crippen LogP contribution in [-0.2, 0) is 6.42 Å². The number of aryl methyl sites for hydroxylation is 1. The Morgan fingerprint density at radius 1 is 1.44 bits per heavy atom. The van der Waals surface area contributed by atoms with E-state index in [0.29, 0.717) is 5.52 Å². The van der Waals surface area contributed by atoms with Crippen molar-refractivity contribution in [2.24, 2.45) is 5.84 Å². The predicted molar refractivity (Wildman–Crippen MR) is 63.6 cm³/mol. The molecule has 0 aliphatic heterocycles. The number of nitrogens with zero attached hydrogens (tertiary/aromatic N) is 1. The Bertz CT molecular complexity index is 537. The van der Waals surface area contributed by atoms with Gasteiger partial charge in [-0.1, -0.05) is 19.1 Å². The predicted octanol–water partition coefficient (Wildman–Crippen LogP) is 2.53. The number of hydrazine groups is 1. The maximum absolute atomic E-state index is 13.6. The number of hydrogen-bond acceptors (Lipinski definition) is 3. The maximum atomic E-state index is 13.6. The second-order valence-corrected chi connectivity index (χ2v) is 3.68. The minimum atomic E-state index is -0.320. The van der Waals surface area contributed by atoms with Crippen molar-refractivity contribution in [2.45, 2.75) is 20.3 Å². The van der Waals surface area contributed by atoms with Crippen LogP contribution in [0.3, 0.4) is 0 Å². The van der Waals surface area contributed by atoms with Gasteiger partial charge in [0.25, 0.3) is 0 Å². The van der Waals surface area contributed by atoms with Gasteiger partial charge in [-0.25, -0.2) is 9.37 Å². The van der Waals surface area contributed by atoms with Gasteiger partial charge in [0.05, 0.1) is 5.69 Å². The third-order valence-electron chi connectivity index (χ3n) is 2.77. The molecule has 0 bridgehead atoms. The topological polar surface area (TPSA) is 50.9 Å². The summed E-state index contributed by atoms with van der Waals surface area (Å²) in [6.45, 7) is 3.89. The SMILES string of the molecule is CCc1c(C)nc2c(F)cccc2c1NN. The first-order chi connectivity index (χ1) is 7.69. The molecule has 0 unspecified atom stereocenters. The van der Waals surface area contributed by atoms with Crippen LogP contribution in [0, 0.1) is 12.7 Å². The van der Waals surface area contributed by atoms with E-state index in [0.717, 1.165) is 28.8 Å². The van der Waals surface area contributed by atoms with E-state index in [1.807, 2.05) is 19.9 Å². The fourth-order valence-corrected chi connectivity index (χ4v) is 2.01. The number of benzene rings is 1. The molecule has 0 aliphatic carbocycles. The van der Waals surface area contributed by atoms with Crippen molar-refractivity contribution >= 4 is 16.6 Å². The number of aromatic nitrogens is 1. The Morgan fingerprint density at radius 3 is 2.81 bits per heavy atom. The smallest absolute Gasteiger partial charge is 0.149 e. The van der Waals surface area contributed by atoms with Crippen LogP contribution in [0.15, 0.2) is 18.2 Å². The Morgan fingerprint density at radius 2 is 2.19 bits per heavy atom. The molecule has 16 heavy (non-hydrogen) atoms. The van der Waals surface area contributed by atoms with Crippen LogP contribution < -0.4 is 11.3 Å². The fourth-order valence-electron chi connectivity index (χ4n) is 2.01. The molecule has 0 saturated heterocycles. The quantitative estimate of drug-likeness (QED) is 0.602. The van der Waals surface area contributed by atoms with Crippen molar-refractivity contribution in [2.75, 3.05) is 5.43 Å². The number of para-hydroxylation sites is 1. The molecule has 0 aliphatic rings. The zero-order chi connectivity index (χ0) is 11.7. The standard InChI is InChI=1S/C12H14FN3/c1-3-8-7(2)15-12-9(11(8)16-14)5-4-6-10(12)13/h4-6H,3,14H2,1-2H3,(H,15,16). The zero-order valence-corrected chi connectivity index (χ0v) is 9.34. The molecule has 4 heteroatoms. The summed E-state index contributed by atoms with van der Waals surface area (Å²) in [6, 6.07) is 4.88. The summed E-state index contributed by atoms with van der Waals surface area (Å²) in [5.41, 5.74) is 5.63. The third-order valence-corrected chi connectivity index (χ3v) is 2.77. The molecule has 1 aromatic carbocycles. The molecular formula is C12H14FN3. The van der Waals surface area contributed by atoms with Crippen LogP contribution in [0.1, 0.15) is 18.2 Å². The molecule has 0 amide bonds. The van der Waals surface area contributed by atoms with Crippen LogP contribution in [0.5, 0.6) is 0 Å². The molecule has 3 N–H and O–H groups in total. The fraction of sp³-hybridized carbons (Fsp3) is 0.250. The van der Waals surface area contributed by atoms with Crippen LogP contribution >= 0.6 is 0 Å². The first-order valence-electron chi connectivity index (χ1n) is 5.23. The monoisotopic (exact) mass is 219 g/mol. The molecule has 2 aromatic rings. The highest BCUT2D eigenvalue weighted by molar-refractivity contribution is 5.93. The summed E-state index contributed by atoms with van der Waals surface area (Å²) < 4.78 is 13.6. The zero-order valence-electron chi connectivity index (χ0n) is 9.34. The number of pyridine rings is 1. The first-order valence-corrected chi connectivity index (χ1v) is 5.23. The summed E-state index contributed by atoms with van der Waals surface area (Å²) in [7, 11) is 0. The lowest BCUT2D eigenvalue weighted by Crippen LogP contribution is -2.11. The summed E-state index contributed by atoms with van der Waals surface area (Å²) >= 11 is 0. The first kappa shape index (κ1) is 10.8. The van der Waals surface area contributed by atoms with E-state index in [2.05, 4.69) is 10.4 Å². The van der Waals surface area contributed by atoms with Crippen molar-refractivity contribution < 1.29 is 4.39 Å². The van der Waals surface area contributed by atoms with Crippen molar-refractivity contribution in [1.29, 1.82) is 0 Å². The lowest BCUT2D eigenvalue weighted by atomic mass is 10.0. The molecule has 1 aromatic heterocycles. The Kier molecular flexibility index (Phi) is 2.75. The number of nitrogens with one attached hydrogen (secondary N) is 1. The van der Waals surface area contributed by atoms with Crippen LogP contribution in [-0.4, -0.2) is 4.98 Å². The number of hydrogen-bond donors (Lipinski definition) is 2. The van der Waals surface area contributed by atoms with Crippen molar-refractivity contribution in [1.82, 2.24) is 4.98 Å². The average Bonchev–Trinajstić information content (AvgIpc) is 2.28. The minimum Gasteiger partial charge on any atom is -0.323 e. The summed E-state index contributed by atoms with van der Waals surface area (Å²) in [5, 5.41) is 0.727. The van der Waals surface area contributed by atoms with Crippen LogP contribution in [0.2, 0.25) is 0 Å². The normalized spacial score (nSPS) is 10.8. The van der Waals surface area contributed by atoms with E-state index >= 15 is 0 Å². The minimum absolute atomic E-state index is 0.320. The number of anilines is 1. The number of fused-ring (bicyclic) bond motifs is 1. The van der Waals surface area contributed by atoms with E-state index in [1.54, 1.807) is 6.07 Å². The second-order valence-electron chi connectivity index (χ2n) is 3.68. The van der Waals surface area contributed by atoms with Crippen molar-refractivity contribution in [3.8, 4) is 0 Å². The molecule has 3 nitrogen and oxygen atoms in total. The van der Waals surface area contributed by atoms with Gasteiger partial charge in [0.1, 0.15) is 11.3 Å². The number of halogens is 1. The molecule has 1 heterocycles. The van der Waals surface area contributed by atoms with E-state index in [4.69, 9.17) is 5.84 Å². The molecular weight excluding hydrogens is 205 g/mol. The molecule has 84 valence electrons. The van der Waals surface area contributed by atoms with Crippen molar-refractivity contribution in [3.63, 3.8) is 0 Å². The highest BCUT2D eigenvalue weighted by Crippen LogP contribution is 2.29. The molecule has 0 fully saturated rings. The largest absolute Gasteiger partial charge is 0.323 e.